The molecule has 0 radical (unpaired) electrons. The molecule has 31 heavy (non-hydrogen) atoms. The SMILES string of the molecule is C[C@H]1O[C@]2(OCc3cc(F)c(Cc4ccc(-c5ccccn5)s4)cc32)[C@H](O)[C@@H](O)[C@@H]1O. The number of halogens is 1. The number of nitrogens with zero attached hydrogens (tertiary/aromatic N) is 1. The second-order valence-electron chi connectivity index (χ2n) is 7.96. The Morgan fingerprint density at radius 1 is 1.16 bits per heavy atom. The third-order valence-electron chi connectivity index (χ3n) is 5.94. The van der Waals surface area contributed by atoms with Crippen LogP contribution in [0, 0.1) is 5.82 Å². The molecule has 0 unspecified atom stereocenters. The number of ether oxygens (including phenoxy) is 2. The van der Waals surface area contributed by atoms with Crippen molar-refractivity contribution < 1.29 is 29.2 Å². The lowest BCUT2D eigenvalue weighted by Gasteiger charge is -2.45. The second kappa shape index (κ2) is 7.74. The smallest absolute Gasteiger partial charge is 0.225 e. The van der Waals surface area contributed by atoms with E-state index in [9.17, 15) is 19.7 Å². The summed E-state index contributed by atoms with van der Waals surface area (Å²) in [5.74, 6) is -2.00. The van der Waals surface area contributed by atoms with E-state index in [4.69, 9.17) is 9.47 Å². The van der Waals surface area contributed by atoms with Crippen LogP contribution >= 0.6 is 11.3 Å². The number of aliphatic hydroxyl groups excluding tert-OH is 3. The van der Waals surface area contributed by atoms with Gasteiger partial charge in [-0.3, -0.25) is 4.98 Å². The molecule has 5 rings (SSSR count). The normalized spacial score (nSPS) is 30.0. The Hall–Kier alpha value is -2.20. The van der Waals surface area contributed by atoms with Gasteiger partial charge in [0.25, 0.3) is 0 Å². The molecule has 4 heterocycles. The number of rotatable bonds is 3. The van der Waals surface area contributed by atoms with E-state index in [-0.39, 0.29) is 12.4 Å². The van der Waals surface area contributed by atoms with Crippen LogP contribution in [0.15, 0.2) is 48.7 Å². The third-order valence-corrected chi connectivity index (χ3v) is 7.05. The Balaban J connectivity index is 1.48. The number of hydrogen-bond acceptors (Lipinski definition) is 7. The van der Waals surface area contributed by atoms with Crippen molar-refractivity contribution in [3.05, 3.63) is 76.0 Å². The summed E-state index contributed by atoms with van der Waals surface area (Å²) in [5, 5.41) is 31.0. The number of aliphatic hydroxyl groups is 3. The van der Waals surface area contributed by atoms with Crippen molar-refractivity contribution in [1.82, 2.24) is 4.98 Å². The number of pyridine rings is 1. The lowest BCUT2D eigenvalue weighted by atomic mass is 9.87. The van der Waals surface area contributed by atoms with Crippen molar-refractivity contribution >= 4 is 11.3 Å². The molecule has 0 aliphatic carbocycles. The second-order valence-corrected chi connectivity index (χ2v) is 9.13. The fourth-order valence-electron chi connectivity index (χ4n) is 4.26. The first-order valence-corrected chi connectivity index (χ1v) is 10.9. The molecular weight excluding hydrogens is 421 g/mol. The number of benzene rings is 1. The van der Waals surface area contributed by atoms with E-state index in [1.807, 2.05) is 30.3 Å². The van der Waals surface area contributed by atoms with Gasteiger partial charge in [0, 0.05) is 23.1 Å². The molecule has 5 atom stereocenters. The topological polar surface area (TPSA) is 92.0 Å². The fourth-order valence-corrected chi connectivity index (χ4v) is 5.26. The summed E-state index contributed by atoms with van der Waals surface area (Å²) in [5.41, 5.74) is 2.33. The molecule has 3 N–H and O–H groups in total. The Kier molecular flexibility index (Phi) is 5.16. The highest BCUT2D eigenvalue weighted by molar-refractivity contribution is 7.15. The highest BCUT2D eigenvalue weighted by Crippen LogP contribution is 2.46. The average Bonchev–Trinajstić information content (AvgIpc) is 3.38. The summed E-state index contributed by atoms with van der Waals surface area (Å²) in [4.78, 5) is 6.31. The number of thiophene rings is 1. The van der Waals surface area contributed by atoms with Crippen LogP contribution in [0.2, 0.25) is 0 Å². The van der Waals surface area contributed by atoms with Gasteiger partial charge in [0.2, 0.25) is 5.79 Å². The zero-order valence-corrected chi connectivity index (χ0v) is 17.6. The van der Waals surface area contributed by atoms with Gasteiger partial charge in [-0.15, -0.1) is 11.3 Å². The van der Waals surface area contributed by atoms with Crippen LogP contribution in [0.5, 0.6) is 0 Å². The van der Waals surface area contributed by atoms with Crippen molar-refractivity contribution in [2.45, 2.75) is 50.2 Å². The Morgan fingerprint density at radius 2 is 2.00 bits per heavy atom. The molecule has 2 aromatic heterocycles. The minimum atomic E-state index is -1.63. The van der Waals surface area contributed by atoms with E-state index in [2.05, 4.69) is 4.98 Å². The quantitative estimate of drug-likeness (QED) is 0.577. The average molecular weight is 443 g/mol. The van der Waals surface area contributed by atoms with Crippen LogP contribution in [0.25, 0.3) is 10.6 Å². The molecule has 3 aromatic rings. The van der Waals surface area contributed by atoms with Gasteiger partial charge >= 0.3 is 0 Å². The van der Waals surface area contributed by atoms with Crippen LogP contribution in [-0.4, -0.2) is 44.7 Å². The first-order chi connectivity index (χ1) is 14.9. The van der Waals surface area contributed by atoms with Gasteiger partial charge in [0.1, 0.15) is 24.1 Å². The summed E-state index contributed by atoms with van der Waals surface area (Å²) >= 11 is 1.54. The van der Waals surface area contributed by atoms with Gasteiger partial charge in [-0.1, -0.05) is 6.07 Å². The maximum atomic E-state index is 14.9. The number of aromatic nitrogens is 1. The molecule has 0 bridgehead atoms. The van der Waals surface area contributed by atoms with Crippen LogP contribution in [0.3, 0.4) is 0 Å². The maximum absolute atomic E-state index is 14.9. The monoisotopic (exact) mass is 443 g/mol. The van der Waals surface area contributed by atoms with E-state index < -0.39 is 30.2 Å². The summed E-state index contributed by atoms with van der Waals surface area (Å²) in [6.07, 6.45) is -2.88. The van der Waals surface area contributed by atoms with Gasteiger partial charge in [-0.25, -0.2) is 4.39 Å². The number of hydrogen-bond donors (Lipinski definition) is 3. The van der Waals surface area contributed by atoms with E-state index >= 15 is 0 Å². The summed E-state index contributed by atoms with van der Waals surface area (Å²) in [6.45, 7) is 1.64. The summed E-state index contributed by atoms with van der Waals surface area (Å²) < 4.78 is 26.5. The molecule has 1 spiro atoms. The molecule has 1 fully saturated rings. The molecule has 0 amide bonds. The zero-order chi connectivity index (χ0) is 21.8. The van der Waals surface area contributed by atoms with E-state index in [0.717, 1.165) is 15.4 Å². The van der Waals surface area contributed by atoms with Crippen LogP contribution in [-0.2, 0) is 28.3 Å². The van der Waals surface area contributed by atoms with Crippen molar-refractivity contribution in [2.75, 3.05) is 0 Å². The van der Waals surface area contributed by atoms with E-state index in [1.165, 1.54) is 17.4 Å². The minimum absolute atomic E-state index is 0.0436. The van der Waals surface area contributed by atoms with Gasteiger partial charge in [0.15, 0.2) is 0 Å². The molecule has 1 aromatic carbocycles. The van der Waals surface area contributed by atoms with Gasteiger partial charge in [-0.2, -0.15) is 0 Å². The first-order valence-electron chi connectivity index (χ1n) is 10.1. The Morgan fingerprint density at radius 3 is 2.77 bits per heavy atom. The van der Waals surface area contributed by atoms with Crippen molar-refractivity contribution in [2.24, 2.45) is 0 Å². The van der Waals surface area contributed by atoms with Crippen molar-refractivity contribution in [3.63, 3.8) is 0 Å². The standard InChI is InChI=1S/C23H22FNO5S/c1-12-20(26)21(27)22(28)23(30-12)16-9-13(17(24)10-14(16)11-29-23)8-15-5-6-19(31-15)18-4-2-3-7-25-18/h2-7,9-10,12,20-22,26-28H,8,11H2,1H3/t12-,20-,21+,22-,23+/m1/s1. The highest BCUT2D eigenvalue weighted by atomic mass is 32.1. The molecule has 1 saturated heterocycles. The maximum Gasteiger partial charge on any atom is 0.225 e. The predicted octanol–water partition coefficient (Wildman–Crippen LogP) is 2.72. The Labute approximate surface area is 182 Å². The molecular formula is C23H22FNO5S. The van der Waals surface area contributed by atoms with Crippen LogP contribution in [0.1, 0.15) is 28.5 Å². The molecule has 8 heteroatoms. The summed E-state index contributed by atoms with van der Waals surface area (Å²) in [6, 6.07) is 12.6. The molecule has 2 aliphatic rings. The number of fused-ring (bicyclic) bond motifs is 2. The van der Waals surface area contributed by atoms with Gasteiger partial charge in [-0.05, 0) is 54.4 Å². The van der Waals surface area contributed by atoms with Crippen molar-refractivity contribution in [3.8, 4) is 10.6 Å². The lowest BCUT2D eigenvalue weighted by Crippen LogP contribution is -2.62. The third kappa shape index (κ3) is 3.40. The van der Waals surface area contributed by atoms with E-state index in [0.29, 0.717) is 23.1 Å². The fraction of sp³-hybridized carbons (Fsp3) is 0.348. The zero-order valence-electron chi connectivity index (χ0n) is 16.7. The van der Waals surface area contributed by atoms with Crippen LogP contribution < -0.4 is 0 Å². The van der Waals surface area contributed by atoms with E-state index in [1.54, 1.807) is 19.2 Å². The Bertz CT molecular complexity index is 1110. The van der Waals surface area contributed by atoms with Crippen molar-refractivity contribution in [1.29, 1.82) is 0 Å². The molecule has 6 nitrogen and oxygen atoms in total. The predicted molar refractivity (Wildman–Crippen MR) is 112 cm³/mol. The first kappa shape index (κ1) is 20.7. The largest absolute Gasteiger partial charge is 0.388 e. The molecule has 0 saturated carbocycles. The minimum Gasteiger partial charge on any atom is -0.388 e. The van der Waals surface area contributed by atoms with Crippen LogP contribution in [0.4, 0.5) is 4.39 Å². The highest BCUT2D eigenvalue weighted by Gasteiger charge is 2.57. The molecule has 162 valence electrons. The lowest BCUT2D eigenvalue weighted by molar-refractivity contribution is -0.362. The van der Waals surface area contributed by atoms with Gasteiger partial charge in [0.05, 0.1) is 23.3 Å². The molecule has 2 aliphatic heterocycles. The van der Waals surface area contributed by atoms with Gasteiger partial charge < -0.3 is 24.8 Å². The summed E-state index contributed by atoms with van der Waals surface area (Å²) in [7, 11) is 0.